The lowest BCUT2D eigenvalue weighted by Crippen LogP contribution is -2.44. The Morgan fingerprint density at radius 2 is 2.15 bits per heavy atom. The maximum atomic E-state index is 12.4. The second-order valence-corrected chi connectivity index (χ2v) is 9.07. The lowest BCUT2D eigenvalue weighted by Gasteiger charge is -2.27. The normalized spacial score (nSPS) is 22.2. The first-order valence-electron chi connectivity index (χ1n) is 8.78. The van der Waals surface area contributed by atoms with Crippen LogP contribution in [0.4, 0.5) is 0 Å². The van der Waals surface area contributed by atoms with Gasteiger partial charge in [0.2, 0.25) is 5.91 Å². The number of hydrazone groups is 1. The predicted molar refractivity (Wildman–Crippen MR) is 98.5 cm³/mol. The van der Waals surface area contributed by atoms with Crippen molar-refractivity contribution < 1.29 is 18.0 Å². The molecule has 1 N–H and O–H groups in total. The summed E-state index contributed by atoms with van der Waals surface area (Å²) in [6.07, 6.45) is 1.55. The van der Waals surface area contributed by atoms with Gasteiger partial charge in [-0.3, -0.25) is 9.59 Å². The van der Waals surface area contributed by atoms with Gasteiger partial charge in [-0.15, -0.1) is 0 Å². The molecule has 1 aromatic rings. The summed E-state index contributed by atoms with van der Waals surface area (Å²) in [5.41, 5.74) is 2.60. The number of nitrogens with zero attached hydrogens (tertiary/aromatic N) is 2. The van der Waals surface area contributed by atoms with Crippen molar-refractivity contribution in [2.45, 2.75) is 38.6 Å². The van der Waals surface area contributed by atoms with Crippen LogP contribution in [0, 0.1) is 6.92 Å². The minimum absolute atomic E-state index is 0.0645. The Hall–Kier alpha value is -2.22. The van der Waals surface area contributed by atoms with Crippen molar-refractivity contribution >= 4 is 27.4 Å². The summed E-state index contributed by atoms with van der Waals surface area (Å²) in [5, 5.41) is 8.22. The van der Waals surface area contributed by atoms with Gasteiger partial charge < -0.3 is 5.32 Å². The van der Waals surface area contributed by atoms with Gasteiger partial charge in [-0.2, -0.15) is 5.10 Å². The third kappa shape index (κ3) is 4.49. The molecule has 0 bridgehead atoms. The Morgan fingerprint density at radius 1 is 1.35 bits per heavy atom. The van der Waals surface area contributed by atoms with Crippen LogP contribution in [0.3, 0.4) is 0 Å². The van der Waals surface area contributed by atoms with E-state index in [0.717, 1.165) is 5.56 Å². The smallest absolute Gasteiger partial charge is 0.267 e. The van der Waals surface area contributed by atoms with E-state index in [4.69, 9.17) is 0 Å². The van der Waals surface area contributed by atoms with Gasteiger partial charge >= 0.3 is 0 Å². The molecule has 3 rings (SSSR count). The van der Waals surface area contributed by atoms with Crippen LogP contribution < -0.4 is 5.32 Å². The number of hydrogen-bond acceptors (Lipinski definition) is 5. The van der Waals surface area contributed by atoms with Crippen LogP contribution in [-0.4, -0.2) is 55.0 Å². The first-order valence-corrected chi connectivity index (χ1v) is 10.6. The van der Waals surface area contributed by atoms with E-state index in [1.54, 1.807) is 0 Å². The van der Waals surface area contributed by atoms with Crippen LogP contribution >= 0.6 is 0 Å². The number of amides is 2. The molecule has 7 nitrogen and oxygen atoms in total. The highest BCUT2D eigenvalue weighted by molar-refractivity contribution is 7.91. The zero-order valence-corrected chi connectivity index (χ0v) is 15.6. The fraction of sp³-hybridized carbons (Fsp3) is 0.500. The van der Waals surface area contributed by atoms with Gasteiger partial charge in [-0.1, -0.05) is 29.8 Å². The molecule has 2 aliphatic rings. The fourth-order valence-corrected chi connectivity index (χ4v) is 4.97. The van der Waals surface area contributed by atoms with Gasteiger partial charge in [0.1, 0.15) is 5.71 Å². The van der Waals surface area contributed by atoms with E-state index < -0.39 is 15.9 Å². The summed E-state index contributed by atoms with van der Waals surface area (Å²) >= 11 is 0. The number of benzene rings is 1. The van der Waals surface area contributed by atoms with Crippen molar-refractivity contribution in [2.24, 2.45) is 5.10 Å². The molecule has 26 heavy (non-hydrogen) atoms. The van der Waals surface area contributed by atoms with E-state index in [9.17, 15) is 18.0 Å². The third-order valence-electron chi connectivity index (χ3n) is 4.66. The van der Waals surface area contributed by atoms with Gasteiger partial charge in [0.15, 0.2) is 9.84 Å². The minimum Gasteiger partial charge on any atom is -0.351 e. The molecular formula is C18H23N3O4S. The molecule has 2 heterocycles. The minimum atomic E-state index is -3.12. The number of aryl methyl sites for hydroxylation is 1. The molecule has 0 radical (unpaired) electrons. The maximum absolute atomic E-state index is 12.4. The van der Waals surface area contributed by atoms with Gasteiger partial charge in [0.25, 0.3) is 5.91 Å². The first-order chi connectivity index (χ1) is 12.3. The van der Waals surface area contributed by atoms with Crippen molar-refractivity contribution in [3.8, 4) is 0 Å². The lowest BCUT2D eigenvalue weighted by molar-refractivity contribution is -0.133. The highest BCUT2D eigenvalue weighted by atomic mass is 32.2. The molecule has 0 aromatic heterocycles. The molecule has 0 spiro atoms. The zero-order chi connectivity index (χ0) is 18.7. The van der Waals surface area contributed by atoms with E-state index in [2.05, 4.69) is 16.5 Å². The molecule has 8 heteroatoms. The summed E-state index contributed by atoms with van der Waals surface area (Å²) in [5.74, 6) is -0.529. The number of carbonyl (C=O) groups is 2. The molecular weight excluding hydrogens is 354 g/mol. The Morgan fingerprint density at radius 3 is 2.85 bits per heavy atom. The number of carbonyl (C=O) groups excluding carboxylic acids is 2. The van der Waals surface area contributed by atoms with E-state index in [0.29, 0.717) is 19.4 Å². The van der Waals surface area contributed by atoms with Crippen molar-refractivity contribution in [3.05, 3.63) is 35.4 Å². The van der Waals surface area contributed by atoms with Crippen molar-refractivity contribution in [1.82, 2.24) is 10.3 Å². The molecule has 1 atom stereocenters. The average Bonchev–Trinajstić information content (AvgIpc) is 2.95. The van der Waals surface area contributed by atoms with Gasteiger partial charge in [-0.25, -0.2) is 13.4 Å². The van der Waals surface area contributed by atoms with Crippen molar-refractivity contribution in [1.29, 1.82) is 0 Å². The Labute approximate surface area is 153 Å². The molecule has 0 saturated carbocycles. The summed E-state index contributed by atoms with van der Waals surface area (Å²) in [6, 6.07) is 7.64. The number of rotatable bonds is 5. The SMILES string of the molecule is Cc1cccc(CCNC(=O)C2=NN(C3CCS(=O)(=O)C3)C(=O)CC2)c1. The van der Waals surface area contributed by atoms with E-state index in [1.807, 2.05) is 25.1 Å². The van der Waals surface area contributed by atoms with Gasteiger partial charge in [-0.05, 0) is 25.3 Å². The van der Waals surface area contributed by atoms with Crippen LogP contribution in [0.1, 0.15) is 30.4 Å². The Balaban J connectivity index is 1.59. The van der Waals surface area contributed by atoms with Crippen LogP contribution in [0.5, 0.6) is 0 Å². The number of sulfone groups is 1. The number of hydrogen-bond donors (Lipinski definition) is 1. The predicted octanol–water partition coefficient (Wildman–Crippen LogP) is 0.819. The molecule has 1 unspecified atom stereocenters. The zero-order valence-electron chi connectivity index (χ0n) is 14.8. The molecule has 2 aliphatic heterocycles. The monoisotopic (exact) mass is 377 g/mol. The highest BCUT2D eigenvalue weighted by Gasteiger charge is 2.37. The fourth-order valence-electron chi connectivity index (χ4n) is 3.28. The van der Waals surface area contributed by atoms with Crippen LogP contribution in [0.25, 0.3) is 0 Å². The second kappa shape index (κ2) is 7.57. The van der Waals surface area contributed by atoms with E-state index >= 15 is 0 Å². The lowest BCUT2D eigenvalue weighted by atomic mass is 10.1. The Kier molecular flexibility index (Phi) is 5.41. The molecule has 2 amide bonds. The maximum Gasteiger partial charge on any atom is 0.267 e. The van der Waals surface area contributed by atoms with Gasteiger partial charge in [0.05, 0.1) is 17.5 Å². The van der Waals surface area contributed by atoms with Gasteiger partial charge in [0, 0.05) is 19.4 Å². The summed E-state index contributed by atoms with van der Waals surface area (Å²) in [4.78, 5) is 24.4. The van der Waals surface area contributed by atoms with Crippen molar-refractivity contribution in [3.63, 3.8) is 0 Å². The number of nitrogens with one attached hydrogen (secondary N) is 1. The summed E-state index contributed by atoms with van der Waals surface area (Å²) in [7, 11) is -3.12. The molecule has 1 saturated heterocycles. The van der Waals surface area contributed by atoms with Crippen LogP contribution in [0.2, 0.25) is 0 Å². The quantitative estimate of drug-likeness (QED) is 0.822. The van der Waals surface area contributed by atoms with E-state index in [1.165, 1.54) is 10.6 Å². The molecule has 140 valence electrons. The van der Waals surface area contributed by atoms with Crippen molar-refractivity contribution in [2.75, 3.05) is 18.1 Å². The second-order valence-electron chi connectivity index (χ2n) is 6.84. The molecule has 0 aliphatic carbocycles. The highest BCUT2D eigenvalue weighted by Crippen LogP contribution is 2.22. The third-order valence-corrected chi connectivity index (χ3v) is 6.41. The van der Waals surface area contributed by atoms with Crippen LogP contribution in [0.15, 0.2) is 29.4 Å². The Bertz CT molecular complexity index is 848. The average molecular weight is 377 g/mol. The topological polar surface area (TPSA) is 95.9 Å². The van der Waals surface area contributed by atoms with Crippen LogP contribution in [-0.2, 0) is 25.8 Å². The summed E-state index contributed by atoms with van der Waals surface area (Å²) in [6.45, 7) is 2.50. The van der Waals surface area contributed by atoms with E-state index in [-0.39, 0.29) is 41.9 Å². The first kappa shape index (κ1) is 18.6. The molecule has 1 fully saturated rings. The largest absolute Gasteiger partial charge is 0.351 e. The summed E-state index contributed by atoms with van der Waals surface area (Å²) < 4.78 is 23.3. The molecule has 1 aromatic carbocycles. The standard InChI is InChI=1S/C18H23N3O4S/c1-13-3-2-4-14(11-13)7-9-19-18(23)16-5-6-17(22)21(20-16)15-8-10-26(24,25)12-15/h2-4,11,15H,5-10,12H2,1H3,(H,19,23).